The third-order valence-electron chi connectivity index (χ3n) is 10.8. The van der Waals surface area contributed by atoms with E-state index in [9.17, 15) is 0 Å². The zero-order chi connectivity index (χ0) is 54.0. The SMILES string of the molecule is c1ccc(ON2P(Oc3ccccc3)N=P(Oc3ccccc3)(Oc3ccccc3)N(Oc3ccccc3)P(Oc3ccccc3)N(Oc3ccccc3)P(Oc3ccccc3)N(Oc3ccccc3)P2Oc2ccccc2)cc1. The molecule has 400 valence electrons. The maximum absolute atomic E-state index is 7.55. The third-order valence-corrected chi connectivity index (χ3v) is 21.7. The van der Waals surface area contributed by atoms with Crippen molar-refractivity contribution in [2.75, 3.05) is 0 Å². The number of rotatable bonds is 20. The standard InChI is InChI=1S/C60H50N5O10P5/c1-11-31-51(32-12-1)66-62-76(70-55-39-19-5-20-40-55)61-80(74-59-47-27-9-28-48-59,75-60-49-29-10-30-50-60)65(69-54-37-17-4-18-38-54)79(73-58-45-25-8-26-46-58)64(68-53-35-15-3-16-36-53)78(72-57-43-23-7-24-44-57)63(67-52-33-13-2-14-34-52)77(62)71-56-41-21-6-22-42-56/h1-50H. The fourth-order valence-electron chi connectivity index (χ4n) is 7.18. The second kappa shape index (κ2) is 27.2. The molecule has 0 saturated carbocycles. The van der Waals surface area contributed by atoms with E-state index in [1.807, 2.05) is 303 Å². The largest absolute Gasteiger partial charge is 0.447 e. The molecule has 10 aromatic carbocycles. The molecule has 1 aliphatic heterocycles. The lowest BCUT2D eigenvalue weighted by atomic mass is 10.3. The van der Waals surface area contributed by atoms with E-state index in [0.29, 0.717) is 57.5 Å². The molecule has 0 saturated heterocycles. The van der Waals surface area contributed by atoms with Crippen LogP contribution in [0.1, 0.15) is 0 Å². The summed E-state index contributed by atoms with van der Waals surface area (Å²) in [5.41, 5.74) is 0. The molecule has 1 aliphatic rings. The van der Waals surface area contributed by atoms with Crippen LogP contribution in [0, 0.1) is 0 Å². The first-order valence-corrected chi connectivity index (χ1v) is 31.2. The topological polar surface area (TPSA) is 118 Å². The first kappa shape index (κ1) is 54.0. The number of benzene rings is 10. The highest BCUT2D eigenvalue weighted by Gasteiger charge is 2.60. The Morgan fingerprint density at radius 3 is 0.812 bits per heavy atom. The van der Waals surface area contributed by atoms with Gasteiger partial charge in [0.1, 0.15) is 57.5 Å². The van der Waals surface area contributed by atoms with E-state index >= 15 is 0 Å². The number of hydrogen-bond donors (Lipinski definition) is 0. The highest BCUT2D eigenvalue weighted by atomic mass is 31.3. The molecule has 11 rings (SSSR count). The molecular formula is C60H50N5O10P5. The summed E-state index contributed by atoms with van der Waals surface area (Å²) in [6, 6.07) is 92.9. The van der Waals surface area contributed by atoms with Gasteiger partial charge in [-0.3, -0.25) is 0 Å². The predicted octanol–water partition coefficient (Wildman–Crippen LogP) is 18.5. The smallest absolute Gasteiger partial charge is 0.440 e. The van der Waals surface area contributed by atoms with Crippen molar-refractivity contribution >= 4 is 41.5 Å². The first-order chi connectivity index (χ1) is 39.6. The van der Waals surface area contributed by atoms with Gasteiger partial charge in [-0.1, -0.05) is 182 Å². The molecular weight excluding hydrogens is 1110 g/mol. The summed E-state index contributed by atoms with van der Waals surface area (Å²) in [7, 11) is -15.4. The van der Waals surface area contributed by atoms with Gasteiger partial charge in [-0.25, -0.2) is 0 Å². The molecule has 0 fully saturated rings. The van der Waals surface area contributed by atoms with Gasteiger partial charge in [0.05, 0.1) is 0 Å². The van der Waals surface area contributed by atoms with Crippen LogP contribution in [0.2, 0.25) is 0 Å². The molecule has 0 bridgehead atoms. The van der Waals surface area contributed by atoms with Gasteiger partial charge in [0.15, 0.2) is 0 Å². The van der Waals surface area contributed by atoms with Crippen LogP contribution in [-0.2, 0) is 0 Å². The fraction of sp³-hybridized carbons (Fsp3) is 0. The van der Waals surface area contributed by atoms with Crippen molar-refractivity contribution in [2.24, 2.45) is 4.52 Å². The van der Waals surface area contributed by atoms with Gasteiger partial charge in [0, 0.05) is 18.4 Å². The number of nitrogens with zero attached hydrogens (tertiary/aromatic N) is 5. The molecule has 0 aromatic heterocycles. The minimum atomic E-state index is -4.55. The monoisotopic (exact) mass is 1160 g/mol. The van der Waals surface area contributed by atoms with Crippen LogP contribution < -0.4 is 46.5 Å². The summed E-state index contributed by atoms with van der Waals surface area (Å²) < 4.78 is 56.9. The molecule has 80 heavy (non-hydrogen) atoms. The summed E-state index contributed by atoms with van der Waals surface area (Å²) in [4.78, 5) is 29.4. The van der Waals surface area contributed by atoms with E-state index in [1.54, 1.807) is 13.8 Å². The Kier molecular flexibility index (Phi) is 18.4. The predicted molar refractivity (Wildman–Crippen MR) is 315 cm³/mol. The second-order valence-corrected chi connectivity index (χ2v) is 25.6. The molecule has 15 nitrogen and oxygen atoms in total. The van der Waals surface area contributed by atoms with Crippen molar-refractivity contribution in [3.8, 4) is 57.5 Å². The van der Waals surface area contributed by atoms with Gasteiger partial charge >= 0.3 is 41.5 Å². The Bertz CT molecular complexity index is 3430. The van der Waals surface area contributed by atoms with Crippen LogP contribution in [0.3, 0.4) is 0 Å². The number of para-hydroxylation sites is 10. The Balaban J connectivity index is 1.31. The third kappa shape index (κ3) is 14.2. The molecule has 4 unspecified atom stereocenters. The van der Waals surface area contributed by atoms with E-state index in [-0.39, 0.29) is 0 Å². The maximum Gasteiger partial charge on any atom is 0.447 e. The minimum absolute atomic E-state index is 0.354. The highest BCUT2D eigenvalue weighted by Crippen LogP contribution is 2.78. The molecule has 0 aliphatic carbocycles. The van der Waals surface area contributed by atoms with Crippen LogP contribution >= 0.6 is 41.5 Å². The Morgan fingerprint density at radius 2 is 0.475 bits per heavy atom. The van der Waals surface area contributed by atoms with Gasteiger partial charge in [-0.2, -0.15) is 0 Å². The quantitative estimate of drug-likeness (QED) is 0.0674. The van der Waals surface area contributed by atoms with Gasteiger partial charge in [0.25, 0.3) is 0 Å². The Hall–Kier alpha value is -8.01. The van der Waals surface area contributed by atoms with Crippen LogP contribution in [0.5, 0.6) is 57.5 Å². The van der Waals surface area contributed by atoms with Crippen molar-refractivity contribution in [1.82, 2.24) is 18.4 Å². The lowest BCUT2D eigenvalue weighted by molar-refractivity contribution is 0.0290. The van der Waals surface area contributed by atoms with Crippen molar-refractivity contribution in [3.05, 3.63) is 303 Å². The van der Waals surface area contributed by atoms with E-state index in [4.69, 9.17) is 51.0 Å². The zero-order valence-electron chi connectivity index (χ0n) is 42.4. The Labute approximate surface area is 469 Å². The minimum Gasteiger partial charge on any atom is -0.440 e. The van der Waals surface area contributed by atoms with Crippen LogP contribution in [0.15, 0.2) is 308 Å². The molecule has 0 N–H and O–H groups in total. The van der Waals surface area contributed by atoms with Crippen LogP contribution in [-0.4, -0.2) is 18.4 Å². The fourth-order valence-corrected chi connectivity index (χ4v) is 19.2. The van der Waals surface area contributed by atoms with E-state index in [0.717, 1.165) is 0 Å². The average molecular weight is 1160 g/mol. The molecule has 4 atom stereocenters. The summed E-state index contributed by atoms with van der Waals surface area (Å²) >= 11 is 0. The van der Waals surface area contributed by atoms with Crippen molar-refractivity contribution < 1.29 is 46.5 Å². The maximum atomic E-state index is 7.55. The normalized spacial score (nSPS) is 17.8. The van der Waals surface area contributed by atoms with E-state index in [2.05, 4.69) is 0 Å². The Morgan fingerprint density at radius 1 is 0.237 bits per heavy atom. The first-order valence-electron chi connectivity index (χ1n) is 25.0. The second-order valence-electron chi connectivity index (χ2n) is 16.6. The average Bonchev–Trinajstić information content (AvgIpc) is 3.63. The van der Waals surface area contributed by atoms with E-state index in [1.165, 1.54) is 4.60 Å². The van der Waals surface area contributed by atoms with Crippen molar-refractivity contribution in [2.45, 2.75) is 0 Å². The zero-order valence-corrected chi connectivity index (χ0v) is 46.9. The van der Waals surface area contributed by atoms with Crippen molar-refractivity contribution in [1.29, 1.82) is 0 Å². The van der Waals surface area contributed by atoms with Gasteiger partial charge < -0.3 is 46.5 Å². The lowest BCUT2D eigenvalue weighted by Crippen LogP contribution is -2.40. The van der Waals surface area contributed by atoms with Gasteiger partial charge in [0.2, 0.25) is 0 Å². The molecule has 10 aromatic rings. The molecule has 0 amide bonds. The van der Waals surface area contributed by atoms with E-state index < -0.39 is 41.5 Å². The molecule has 1 heterocycles. The summed E-state index contributed by atoms with van der Waals surface area (Å²) in [6.07, 6.45) is 0. The number of hydrogen-bond acceptors (Lipinski definition) is 15. The molecule has 0 spiro atoms. The van der Waals surface area contributed by atoms with Gasteiger partial charge in [-0.05, 0) is 121 Å². The molecule has 20 heteroatoms. The summed E-state index contributed by atoms with van der Waals surface area (Å²) in [6.45, 7) is 0. The summed E-state index contributed by atoms with van der Waals surface area (Å²) in [5.74, 6) is 3.90. The lowest BCUT2D eigenvalue weighted by Gasteiger charge is -2.45. The highest BCUT2D eigenvalue weighted by molar-refractivity contribution is 7.78. The molecule has 0 radical (unpaired) electrons. The van der Waals surface area contributed by atoms with Gasteiger partial charge in [-0.15, -0.1) is 4.52 Å². The summed E-state index contributed by atoms with van der Waals surface area (Å²) in [5, 5.41) is 0. The van der Waals surface area contributed by atoms with Crippen LogP contribution in [0.25, 0.3) is 0 Å². The van der Waals surface area contributed by atoms with Crippen molar-refractivity contribution in [3.63, 3.8) is 0 Å². The van der Waals surface area contributed by atoms with Crippen LogP contribution in [0.4, 0.5) is 0 Å².